The van der Waals surface area contributed by atoms with Gasteiger partial charge in [-0.3, -0.25) is 4.79 Å². The molecule has 132 valence electrons. The van der Waals surface area contributed by atoms with Gasteiger partial charge in [0.1, 0.15) is 6.61 Å². The standard InChI is InChI=1S/C20H23FN2O2/c1-3-10-22-18-13-16(12-17(21)19(18)25-11-4-2)20(24)23-14-15-8-6-5-7-9-15/h1-2,12-13,15,22H,5-11,14H2,(H,23,24). The van der Waals surface area contributed by atoms with Gasteiger partial charge in [-0.15, -0.1) is 12.8 Å². The summed E-state index contributed by atoms with van der Waals surface area (Å²) in [5.74, 6) is 4.20. The number of nitrogens with one attached hydrogen (secondary N) is 2. The van der Waals surface area contributed by atoms with Gasteiger partial charge in [0.05, 0.1) is 12.2 Å². The summed E-state index contributed by atoms with van der Waals surface area (Å²) in [5.41, 5.74) is 0.539. The van der Waals surface area contributed by atoms with E-state index in [1.54, 1.807) is 0 Å². The van der Waals surface area contributed by atoms with Crippen LogP contribution in [-0.4, -0.2) is 25.6 Å². The fourth-order valence-electron chi connectivity index (χ4n) is 2.99. The monoisotopic (exact) mass is 342 g/mol. The van der Waals surface area contributed by atoms with E-state index >= 15 is 0 Å². The topological polar surface area (TPSA) is 50.4 Å². The molecule has 0 unspecified atom stereocenters. The summed E-state index contributed by atoms with van der Waals surface area (Å²) >= 11 is 0. The van der Waals surface area contributed by atoms with E-state index in [0.717, 1.165) is 18.9 Å². The number of hydrogen-bond donors (Lipinski definition) is 2. The van der Waals surface area contributed by atoms with Gasteiger partial charge in [0.2, 0.25) is 0 Å². The van der Waals surface area contributed by atoms with Crippen molar-refractivity contribution in [1.82, 2.24) is 5.32 Å². The van der Waals surface area contributed by atoms with E-state index in [0.29, 0.717) is 18.2 Å². The molecular weight excluding hydrogens is 319 g/mol. The van der Waals surface area contributed by atoms with Crippen molar-refractivity contribution in [3.63, 3.8) is 0 Å². The Bertz CT molecular complexity index is 682. The van der Waals surface area contributed by atoms with Gasteiger partial charge in [-0.05, 0) is 30.9 Å². The van der Waals surface area contributed by atoms with Crippen molar-refractivity contribution >= 4 is 11.6 Å². The maximum atomic E-state index is 14.4. The maximum Gasteiger partial charge on any atom is 0.251 e. The highest BCUT2D eigenvalue weighted by atomic mass is 19.1. The van der Waals surface area contributed by atoms with E-state index < -0.39 is 5.82 Å². The Balaban J connectivity index is 2.10. The normalized spacial score (nSPS) is 14.2. The zero-order valence-electron chi connectivity index (χ0n) is 14.2. The molecule has 0 aromatic heterocycles. The van der Waals surface area contributed by atoms with Crippen molar-refractivity contribution in [2.24, 2.45) is 5.92 Å². The zero-order chi connectivity index (χ0) is 18.1. The minimum absolute atomic E-state index is 0.0305. The molecule has 2 rings (SSSR count). The lowest BCUT2D eigenvalue weighted by Gasteiger charge is -2.22. The van der Waals surface area contributed by atoms with Crippen LogP contribution in [0.1, 0.15) is 42.5 Å². The fraction of sp³-hybridized carbons (Fsp3) is 0.450. The van der Waals surface area contributed by atoms with Crippen LogP contribution in [0.3, 0.4) is 0 Å². The quantitative estimate of drug-likeness (QED) is 0.748. The van der Waals surface area contributed by atoms with Crippen molar-refractivity contribution < 1.29 is 13.9 Å². The number of rotatable bonds is 7. The van der Waals surface area contributed by atoms with Gasteiger partial charge in [0, 0.05) is 12.1 Å². The summed E-state index contributed by atoms with van der Waals surface area (Å²) in [7, 11) is 0. The predicted octanol–water partition coefficient (Wildman–Crippen LogP) is 3.19. The lowest BCUT2D eigenvalue weighted by atomic mass is 9.89. The van der Waals surface area contributed by atoms with Crippen molar-refractivity contribution in [1.29, 1.82) is 0 Å². The van der Waals surface area contributed by atoms with Gasteiger partial charge in [-0.1, -0.05) is 31.1 Å². The molecule has 0 atom stereocenters. The van der Waals surface area contributed by atoms with Crippen LogP contribution in [0.25, 0.3) is 0 Å². The molecule has 4 nitrogen and oxygen atoms in total. The third-order valence-corrected chi connectivity index (χ3v) is 4.26. The summed E-state index contributed by atoms with van der Waals surface area (Å²) in [6, 6.07) is 2.69. The molecule has 0 heterocycles. The molecule has 0 bridgehead atoms. The lowest BCUT2D eigenvalue weighted by Crippen LogP contribution is -2.30. The molecule has 1 aliphatic rings. The van der Waals surface area contributed by atoms with Gasteiger partial charge in [-0.2, -0.15) is 0 Å². The van der Waals surface area contributed by atoms with Crippen LogP contribution in [0.4, 0.5) is 10.1 Å². The average molecular weight is 342 g/mol. The number of carbonyl (C=O) groups is 1. The first kappa shape index (κ1) is 18.7. The molecule has 1 fully saturated rings. The molecule has 0 spiro atoms. The molecule has 1 saturated carbocycles. The Morgan fingerprint density at radius 1 is 1.24 bits per heavy atom. The number of hydrogen-bond acceptors (Lipinski definition) is 3. The molecule has 0 aliphatic heterocycles. The molecule has 25 heavy (non-hydrogen) atoms. The van der Waals surface area contributed by atoms with Crippen molar-refractivity contribution in [3.05, 3.63) is 23.5 Å². The molecular formula is C20H23FN2O2. The summed E-state index contributed by atoms with van der Waals surface area (Å²) in [6.07, 6.45) is 16.3. The molecule has 1 aliphatic carbocycles. The summed E-state index contributed by atoms with van der Waals surface area (Å²) < 4.78 is 19.6. The number of benzene rings is 1. The number of terminal acetylenes is 2. The molecule has 2 N–H and O–H groups in total. The fourth-order valence-corrected chi connectivity index (χ4v) is 2.99. The van der Waals surface area contributed by atoms with Crippen LogP contribution in [0.2, 0.25) is 0 Å². The molecule has 1 amide bonds. The van der Waals surface area contributed by atoms with Crippen LogP contribution in [0, 0.1) is 36.4 Å². The second-order valence-electron chi connectivity index (χ2n) is 6.10. The van der Waals surface area contributed by atoms with Gasteiger partial charge in [-0.25, -0.2) is 4.39 Å². The van der Waals surface area contributed by atoms with Crippen LogP contribution in [-0.2, 0) is 0 Å². The van der Waals surface area contributed by atoms with Crippen LogP contribution in [0.5, 0.6) is 5.75 Å². The highest BCUT2D eigenvalue weighted by Crippen LogP contribution is 2.30. The molecule has 1 aromatic carbocycles. The lowest BCUT2D eigenvalue weighted by molar-refractivity contribution is 0.0943. The highest BCUT2D eigenvalue weighted by Gasteiger charge is 2.18. The van der Waals surface area contributed by atoms with Crippen LogP contribution in [0.15, 0.2) is 12.1 Å². The van der Waals surface area contributed by atoms with Crippen molar-refractivity contribution in [2.75, 3.05) is 25.0 Å². The Kier molecular flexibility index (Phi) is 7.16. The van der Waals surface area contributed by atoms with Crippen molar-refractivity contribution in [3.8, 4) is 30.4 Å². The van der Waals surface area contributed by atoms with E-state index in [2.05, 4.69) is 22.5 Å². The van der Waals surface area contributed by atoms with Gasteiger partial charge in [0.15, 0.2) is 11.6 Å². The summed E-state index contributed by atoms with van der Waals surface area (Å²) in [4.78, 5) is 12.4. The SMILES string of the molecule is C#CCNc1cc(C(=O)NCC2CCCCC2)cc(F)c1OCC#C. The second-order valence-corrected chi connectivity index (χ2v) is 6.10. The van der Waals surface area contributed by atoms with E-state index in [4.69, 9.17) is 17.6 Å². The van der Waals surface area contributed by atoms with Crippen LogP contribution < -0.4 is 15.4 Å². The number of carbonyl (C=O) groups excluding carboxylic acids is 1. The zero-order valence-corrected chi connectivity index (χ0v) is 14.2. The first-order valence-electron chi connectivity index (χ1n) is 8.51. The van der Waals surface area contributed by atoms with Crippen LogP contribution >= 0.6 is 0 Å². The third kappa shape index (κ3) is 5.43. The van der Waals surface area contributed by atoms with E-state index in [1.807, 2.05) is 0 Å². The number of amides is 1. The molecule has 0 radical (unpaired) electrons. The summed E-state index contributed by atoms with van der Waals surface area (Å²) in [6.45, 7) is 0.719. The largest absolute Gasteiger partial charge is 0.476 e. The number of halogens is 1. The number of anilines is 1. The first-order chi connectivity index (χ1) is 12.2. The maximum absolute atomic E-state index is 14.4. The minimum Gasteiger partial charge on any atom is -0.476 e. The molecule has 0 saturated heterocycles. The van der Waals surface area contributed by atoms with Gasteiger partial charge >= 0.3 is 0 Å². The smallest absolute Gasteiger partial charge is 0.251 e. The van der Waals surface area contributed by atoms with Gasteiger partial charge in [0.25, 0.3) is 5.91 Å². The Morgan fingerprint density at radius 2 is 2.00 bits per heavy atom. The molecule has 1 aromatic rings. The Morgan fingerprint density at radius 3 is 2.68 bits per heavy atom. The van der Waals surface area contributed by atoms with Gasteiger partial charge < -0.3 is 15.4 Å². The highest BCUT2D eigenvalue weighted by molar-refractivity contribution is 5.95. The first-order valence-corrected chi connectivity index (χ1v) is 8.51. The Labute approximate surface area is 148 Å². The van der Waals surface area contributed by atoms with Crippen molar-refractivity contribution in [2.45, 2.75) is 32.1 Å². The average Bonchev–Trinajstić information content (AvgIpc) is 2.64. The second kappa shape index (κ2) is 9.59. The number of ether oxygens (including phenoxy) is 1. The van der Waals surface area contributed by atoms with E-state index in [1.165, 1.54) is 25.3 Å². The van der Waals surface area contributed by atoms with E-state index in [9.17, 15) is 9.18 Å². The van der Waals surface area contributed by atoms with E-state index in [-0.39, 0.29) is 30.4 Å². The Hall–Kier alpha value is -2.66. The minimum atomic E-state index is -0.653. The summed E-state index contributed by atoms with van der Waals surface area (Å²) in [5, 5.41) is 5.76. The predicted molar refractivity (Wildman–Crippen MR) is 97.0 cm³/mol. The third-order valence-electron chi connectivity index (χ3n) is 4.26. The molecule has 5 heteroatoms.